The van der Waals surface area contributed by atoms with Gasteiger partial charge in [0.25, 0.3) is 5.91 Å². The fourth-order valence-corrected chi connectivity index (χ4v) is 3.27. The van der Waals surface area contributed by atoms with Crippen LogP contribution < -0.4 is 0 Å². The molecule has 1 aromatic rings. The number of amidine groups is 1. The largest absolute Gasteiger partial charge is 0.290 e. The van der Waals surface area contributed by atoms with E-state index in [-0.39, 0.29) is 11.8 Å². The first-order valence-electron chi connectivity index (χ1n) is 5.96. The van der Waals surface area contributed by atoms with Gasteiger partial charge in [-0.2, -0.15) is 4.99 Å². The Morgan fingerprint density at radius 1 is 1.32 bits per heavy atom. The van der Waals surface area contributed by atoms with Crippen molar-refractivity contribution in [2.75, 3.05) is 12.3 Å². The summed E-state index contributed by atoms with van der Waals surface area (Å²) in [6, 6.07) is 7.19. The van der Waals surface area contributed by atoms with Crippen LogP contribution in [0.1, 0.15) is 5.56 Å². The number of nitrogens with zero attached hydrogens (tertiary/aromatic N) is 2. The van der Waals surface area contributed by atoms with Gasteiger partial charge in [-0.1, -0.05) is 35.5 Å². The van der Waals surface area contributed by atoms with Crippen molar-refractivity contribution in [3.63, 3.8) is 0 Å². The van der Waals surface area contributed by atoms with Crippen LogP contribution in [0.4, 0.5) is 0 Å². The molecular formula is C13H11ClN2O2S. The van der Waals surface area contributed by atoms with E-state index in [4.69, 9.17) is 11.6 Å². The lowest BCUT2D eigenvalue weighted by atomic mass is 9.96. The molecule has 98 valence electrons. The lowest BCUT2D eigenvalue weighted by molar-refractivity contribution is -0.138. The third kappa shape index (κ3) is 2.40. The standard InChI is InChI=1S/C13H11ClN2O2S/c14-9-3-1-8(2-4-9)7-10-11(17)15-13-16(12(10)18)5-6-19-13/h1-4,10H,5-7H2/t10-/m0/s1. The van der Waals surface area contributed by atoms with Crippen LogP contribution in [-0.4, -0.2) is 34.2 Å². The Morgan fingerprint density at radius 2 is 2.05 bits per heavy atom. The van der Waals surface area contributed by atoms with E-state index in [2.05, 4.69) is 4.99 Å². The highest BCUT2D eigenvalue weighted by Gasteiger charge is 2.40. The van der Waals surface area contributed by atoms with Crippen LogP contribution >= 0.6 is 23.4 Å². The molecular weight excluding hydrogens is 284 g/mol. The normalized spacial score (nSPS) is 22.5. The summed E-state index contributed by atoms with van der Waals surface area (Å²) in [7, 11) is 0. The van der Waals surface area contributed by atoms with Crippen molar-refractivity contribution in [3.8, 4) is 0 Å². The number of rotatable bonds is 2. The molecule has 0 unspecified atom stereocenters. The zero-order valence-electron chi connectivity index (χ0n) is 10.0. The maximum absolute atomic E-state index is 12.3. The summed E-state index contributed by atoms with van der Waals surface area (Å²) in [5.41, 5.74) is 0.918. The summed E-state index contributed by atoms with van der Waals surface area (Å²) >= 11 is 7.28. The van der Waals surface area contributed by atoms with Crippen LogP contribution in [-0.2, 0) is 16.0 Å². The molecule has 2 heterocycles. The number of carbonyl (C=O) groups is 2. The Balaban J connectivity index is 1.83. The molecule has 0 aromatic heterocycles. The van der Waals surface area contributed by atoms with Gasteiger partial charge in [0.1, 0.15) is 5.92 Å². The van der Waals surface area contributed by atoms with Crippen molar-refractivity contribution in [1.29, 1.82) is 0 Å². The highest BCUT2D eigenvalue weighted by molar-refractivity contribution is 8.14. The van der Waals surface area contributed by atoms with Crippen LogP contribution in [0, 0.1) is 5.92 Å². The highest BCUT2D eigenvalue weighted by atomic mass is 35.5. The molecule has 2 aliphatic heterocycles. The molecule has 19 heavy (non-hydrogen) atoms. The van der Waals surface area contributed by atoms with E-state index in [9.17, 15) is 9.59 Å². The van der Waals surface area contributed by atoms with Gasteiger partial charge < -0.3 is 0 Å². The second-order valence-corrected chi connectivity index (χ2v) is 5.95. The summed E-state index contributed by atoms with van der Waals surface area (Å²) in [6.45, 7) is 0.646. The summed E-state index contributed by atoms with van der Waals surface area (Å²) in [4.78, 5) is 29.8. The van der Waals surface area contributed by atoms with Gasteiger partial charge in [-0.15, -0.1) is 0 Å². The van der Waals surface area contributed by atoms with Crippen LogP contribution in [0.2, 0.25) is 5.02 Å². The lowest BCUT2D eigenvalue weighted by Gasteiger charge is -2.25. The predicted molar refractivity (Wildman–Crippen MR) is 75.3 cm³/mol. The Bertz CT molecular complexity index is 571. The van der Waals surface area contributed by atoms with E-state index in [0.29, 0.717) is 23.2 Å². The molecule has 4 nitrogen and oxygen atoms in total. The van der Waals surface area contributed by atoms with Gasteiger partial charge >= 0.3 is 0 Å². The number of hydrogen-bond donors (Lipinski definition) is 0. The number of fused-ring (bicyclic) bond motifs is 1. The maximum atomic E-state index is 12.3. The van der Waals surface area contributed by atoms with Gasteiger partial charge in [-0.05, 0) is 24.1 Å². The molecule has 1 fully saturated rings. The van der Waals surface area contributed by atoms with Crippen LogP contribution in [0.25, 0.3) is 0 Å². The SMILES string of the molecule is O=C1N=C2SCCN2C(=O)[C@H]1Cc1ccc(Cl)cc1. The third-order valence-corrected chi connectivity index (χ3v) is 4.41. The van der Waals surface area contributed by atoms with E-state index in [1.54, 1.807) is 17.0 Å². The van der Waals surface area contributed by atoms with Gasteiger partial charge in [0.15, 0.2) is 5.17 Å². The number of hydrogen-bond acceptors (Lipinski definition) is 3. The van der Waals surface area contributed by atoms with Gasteiger partial charge in [0.2, 0.25) is 5.91 Å². The molecule has 2 amide bonds. The molecule has 1 atom stereocenters. The first kappa shape index (κ1) is 12.7. The summed E-state index contributed by atoms with van der Waals surface area (Å²) < 4.78 is 0. The molecule has 2 aliphatic rings. The summed E-state index contributed by atoms with van der Waals surface area (Å²) in [5.74, 6) is -0.343. The van der Waals surface area contributed by atoms with Crippen molar-refractivity contribution < 1.29 is 9.59 Å². The second-order valence-electron chi connectivity index (χ2n) is 4.45. The van der Waals surface area contributed by atoms with Crippen LogP contribution in [0.15, 0.2) is 29.3 Å². The average Bonchev–Trinajstić information content (AvgIpc) is 2.85. The Kier molecular flexibility index (Phi) is 3.33. The lowest BCUT2D eigenvalue weighted by Crippen LogP contribution is -2.44. The van der Waals surface area contributed by atoms with Crippen molar-refractivity contribution in [1.82, 2.24) is 4.90 Å². The number of carbonyl (C=O) groups excluding carboxylic acids is 2. The van der Waals surface area contributed by atoms with E-state index >= 15 is 0 Å². The first-order valence-corrected chi connectivity index (χ1v) is 7.32. The molecule has 0 N–H and O–H groups in total. The minimum absolute atomic E-state index is 0.130. The zero-order chi connectivity index (χ0) is 13.4. The predicted octanol–water partition coefficient (Wildman–Crippen LogP) is 1.97. The number of thioether (sulfide) groups is 1. The number of benzene rings is 1. The van der Waals surface area contributed by atoms with E-state index in [1.165, 1.54) is 11.8 Å². The molecule has 6 heteroatoms. The van der Waals surface area contributed by atoms with Crippen molar-refractivity contribution >= 4 is 40.3 Å². The molecule has 0 spiro atoms. The van der Waals surface area contributed by atoms with Crippen LogP contribution in [0.3, 0.4) is 0 Å². The van der Waals surface area contributed by atoms with Crippen LogP contribution in [0.5, 0.6) is 0 Å². The molecule has 0 bridgehead atoms. The molecule has 3 rings (SSSR count). The van der Waals surface area contributed by atoms with E-state index in [1.807, 2.05) is 12.1 Å². The van der Waals surface area contributed by atoms with Gasteiger partial charge in [-0.25, -0.2) is 0 Å². The molecule has 0 aliphatic carbocycles. The number of amides is 2. The van der Waals surface area contributed by atoms with Crippen molar-refractivity contribution in [2.24, 2.45) is 10.9 Å². The van der Waals surface area contributed by atoms with Gasteiger partial charge in [-0.3, -0.25) is 14.5 Å². The first-order chi connectivity index (χ1) is 9.15. The molecule has 0 saturated carbocycles. The molecule has 1 aromatic carbocycles. The fraction of sp³-hybridized carbons (Fsp3) is 0.308. The second kappa shape index (κ2) is 4.98. The topological polar surface area (TPSA) is 49.7 Å². The smallest absolute Gasteiger partial charge is 0.261 e. The van der Waals surface area contributed by atoms with Gasteiger partial charge in [0, 0.05) is 17.3 Å². The Labute approximate surface area is 119 Å². The summed E-state index contributed by atoms with van der Waals surface area (Å²) in [5, 5.41) is 1.20. The zero-order valence-corrected chi connectivity index (χ0v) is 11.6. The number of aliphatic imine (C=N–C) groups is 1. The quantitative estimate of drug-likeness (QED) is 0.784. The van der Waals surface area contributed by atoms with Gasteiger partial charge in [0.05, 0.1) is 0 Å². The monoisotopic (exact) mass is 294 g/mol. The minimum atomic E-state index is -0.691. The minimum Gasteiger partial charge on any atom is -0.290 e. The third-order valence-electron chi connectivity index (χ3n) is 3.20. The molecule has 1 saturated heterocycles. The van der Waals surface area contributed by atoms with E-state index in [0.717, 1.165) is 11.3 Å². The van der Waals surface area contributed by atoms with Crippen molar-refractivity contribution in [2.45, 2.75) is 6.42 Å². The highest BCUT2D eigenvalue weighted by Crippen LogP contribution is 2.27. The number of halogens is 1. The Morgan fingerprint density at radius 3 is 2.79 bits per heavy atom. The van der Waals surface area contributed by atoms with Crippen molar-refractivity contribution in [3.05, 3.63) is 34.9 Å². The average molecular weight is 295 g/mol. The fourth-order valence-electron chi connectivity index (χ4n) is 2.20. The van der Waals surface area contributed by atoms with E-state index < -0.39 is 5.92 Å². The molecule has 0 radical (unpaired) electrons. The maximum Gasteiger partial charge on any atom is 0.261 e. The summed E-state index contributed by atoms with van der Waals surface area (Å²) in [6.07, 6.45) is 0.382. The Hall–Kier alpha value is -1.33.